The molecule has 0 amide bonds. The molecule has 1 heterocycles. The van der Waals surface area contributed by atoms with Crippen molar-refractivity contribution in [2.75, 3.05) is 6.54 Å². The van der Waals surface area contributed by atoms with Gasteiger partial charge in [0.05, 0.1) is 6.10 Å². The summed E-state index contributed by atoms with van der Waals surface area (Å²) in [6.45, 7) is 0.334. The second-order valence-corrected chi connectivity index (χ2v) is 5.98. The SMILES string of the molecule is NCC(c1ccccn1)C(O)c1ccc(Br)cc1Br. The van der Waals surface area contributed by atoms with Gasteiger partial charge in [0.1, 0.15) is 0 Å². The minimum absolute atomic E-state index is 0.223. The van der Waals surface area contributed by atoms with E-state index in [0.717, 1.165) is 20.2 Å². The molecule has 2 unspecified atom stereocenters. The molecule has 0 spiro atoms. The van der Waals surface area contributed by atoms with Gasteiger partial charge in [-0.2, -0.15) is 0 Å². The van der Waals surface area contributed by atoms with Crippen LogP contribution in [-0.4, -0.2) is 16.6 Å². The second kappa shape index (κ2) is 6.61. The number of rotatable bonds is 4. The molecule has 0 aliphatic carbocycles. The maximum Gasteiger partial charge on any atom is 0.0896 e. The topological polar surface area (TPSA) is 59.1 Å². The first-order valence-corrected chi connectivity index (χ1v) is 7.46. The first kappa shape index (κ1) is 14.7. The van der Waals surface area contributed by atoms with Crippen LogP contribution in [0.5, 0.6) is 0 Å². The van der Waals surface area contributed by atoms with Crippen LogP contribution in [0, 0.1) is 0 Å². The van der Waals surface area contributed by atoms with Crippen LogP contribution in [0.2, 0.25) is 0 Å². The molecule has 0 aliphatic rings. The Balaban J connectivity index is 2.33. The lowest BCUT2D eigenvalue weighted by Crippen LogP contribution is -2.21. The summed E-state index contributed by atoms with van der Waals surface area (Å²) in [6, 6.07) is 11.3. The maximum atomic E-state index is 10.5. The number of nitrogens with two attached hydrogens (primary N) is 1. The number of hydrogen-bond acceptors (Lipinski definition) is 3. The molecule has 100 valence electrons. The molecule has 5 heteroatoms. The molecule has 0 bridgehead atoms. The van der Waals surface area contributed by atoms with Crippen molar-refractivity contribution in [3.8, 4) is 0 Å². The Bertz CT molecular complexity index is 548. The van der Waals surface area contributed by atoms with Gasteiger partial charge in [-0.3, -0.25) is 4.98 Å². The Morgan fingerprint density at radius 3 is 2.58 bits per heavy atom. The molecular weight excluding hydrogens is 372 g/mol. The molecule has 1 aromatic carbocycles. The number of nitrogens with zero attached hydrogens (tertiary/aromatic N) is 1. The zero-order chi connectivity index (χ0) is 13.8. The summed E-state index contributed by atoms with van der Waals surface area (Å²) in [5, 5.41) is 10.5. The van der Waals surface area contributed by atoms with Gasteiger partial charge in [-0.1, -0.05) is 44.0 Å². The Hall–Kier alpha value is -0.750. The Kier molecular flexibility index (Phi) is 5.10. The Morgan fingerprint density at radius 1 is 1.21 bits per heavy atom. The molecule has 1 aromatic heterocycles. The van der Waals surface area contributed by atoms with Gasteiger partial charge < -0.3 is 10.8 Å². The molecule has 3 nitrogen and oxygen atoms in total. The zero-order valence-electron chi connectivity index (χ0n) is 10.1. The fourth-order valence-corrected chi connectivity index (χ4v) is 3.25. The molecule has 2 aromatic rings. The summed E-state index contributed by atoms with van der Waals surface area (Å²) in [5.74, 6) is -0.223. The highest BCUT2D eigenvalue weighted by molar-refractivity contribution is 9.11. The molecule has 2 atom stereocenters. The summed E-state index contributed by atoms with van der Waals surface area (Å²) in [6.07, 6.45) is 1.02. The van der Waals surface area contributed by atoms with E-state index in [1.165, 1.54) is 0 Å². The fourth-order valence-electron chi connectivity index (χ4n) is 1.96. The van der Waals surface area contributed by atoms with Gasteiger partial charge in [0.2, 0.25) is 0 Å². The van der Waals surface area contributed by atoms with Crippen LogP contribution < -0.4 is 5.73 Å². The van der Waals surface area contributed by atoms with Gasteiger partial charge in [0, 0.05) is 33.3 Å². The van der Waals surface area contributed by atoms with Crippen LogP contribution in [0.3, 0.4) is 0 Å². The molecule has 0 saturated carbocycles. The Labute approximate surface area is 129 Å². The van der Waals surface area contributed by atoms with Crippen LogP contribution in [0.15, 0.2) is 51.5 Å². The van der Waals surface area contributed by atoms with Crippen LogP contribution in [0.4, 0.5) is 0 Å². The zero-order valence-corrected chi connectivity index (χ0v) is 13.3. The van der Waals surface area contributed by atoms with E-state index < -0.39 is 6.10 Å². The number of aliphatic hydroxyl groups excluding tert-OH is 1. The molecule has 0 radical (unpaired) electrons. The highest BCUT2D eigenvalue weighted by Crippen LogP contribution is 2.34. The quantitative estimate of drug-likeness (QED) is 0.847. The summed E-state index contributed by atoms with van der Waals surface area (Å²) in [7, 11) is 0. The van der Waals surface area contributed by atoms with E-state index in [1.807, 2.05) is 36.4 Å². The van der Waals surface area contributed by atoms with Gasteiger partial charge in [-0.05, 0) is 29.8 Å². The lowest BCUT2D eigenvalue weighted by Gasteiger charge is -2.22. The molecule has 0 saturated heterocycles. The molecule has 19 heavy (non-hydrogen) atoms. The normalized spacial score (nSPS) is 14.1. The molecule has 3 N–H and O–H groups in total. The summed E-state index contributed by atoms with van der Waals surface area (Å²) >= 11 is 6.86. The molecule has 0 aliphatic heterocycles. The standard InChI is InChI=1S/C14H14Br2N2O/c15-9-4-5-10(12(16)7-9)14(19)11(8-17)13-3-1-2-6-18-13/h1-7,11,14,19H,8,17H2. The fraction of sp³-hybridized carbons (Fsp3) is 0.214. The van der Waals surface area contributed by atoms with Gasteiger partial charge in [0.25, 0.3) is 0 Å². The first-order valence-electron chi connectivity index (χ1n) is 5.87. The molecule has 2 rings (SSSR count). The third kappa shape index (κ3) is 3.42. The number of aliphatic hydroxyl groups is 1. The first-order chi connectivity index (χ1) is 9.13. The van der Waals surface area contributed by atoms with E-state index in [2.05, 4.69) is 36.8 Å². The maximum absolute atomic E-state index is 10.5. The van der Waals surface area contributed by atoms with E-state index in [-0.39, 0.29) is 5.92 Å². The van der Waals surface area contributed by atoms with Crippen LogP contribution in [-0.2, 0) is 0 Å². The highest BCUT2D eigenvalue weighted by atomic mass is 79.9. The molecular formula is C14H14Br2N2O. The number of pyridine rings is 1. The lowest BCUT2D eigenvalue weighted by atomic mass is 9.92. The number of benzene rings is 1. The number of hydrogen-bond donors (Lipinski definition) is 2. The monoisotopic (exact) mass is 384 g/mol. The van der Waals surface area contributed by atoms with Crippen molar-refractivity contribution < 1.29 is 5.11 Å². The van der Waals surface area contributed by atoms with Crippen LogP contribution >= 0.6 is 31.9 Å². The van der Waals surface area contributed by atoms with Gasteiger partial charge in [-0.25, -0.2) is 0 Å². The summed E-state index contributed by atoms with van der Waals surface area (Å²) in [4.78, 5) is 4.28. The van der Waals surface area contributed by atoms with E-state index in [1.54, 1.807) is 6.20 Å². The summed E-state index contributed by atoms with van der Waals surface area (Å²) < 4.78 is 1.81. The van der Waals surface area contributed by atoms with Crippen LogP contribution in [0.1, 0.15) is 23.3 Å². The second-order valence-electron chi connectivity index (χ2n) is 4.21. The van der Waals surface area contributed by atoms with E-state index in [0.29, 0.717) is 6.54 Å². The minimum atomic E-state index is -0.692. The van der Waals surface area contributed by atoms with Crippen LogP contribution in [0.25, 0.3) is 0 Å². The van der Waals surface area contributed by atoms with Crippen molar-refractivity contribution in [1.82, 2.24) is 4.98 Å². The van der Waals surface area contributed by atoms with Crippen molar-refractivity contribution in [3.63, 3.8) is 0 Å². The van der Waals surface area contributed by atoms with E-state index in [4.69, 9.17) is 5.73 Å². The van der Waals surface area contributed by atoms with Crippen molar-refractivity contribution in [1.29, 1.82) is 0 Å². The number of aromatic nitrogens is 1. The predicted octanol–water partition coefficient (Wildman–Crippen LogP) is 3.38. The third-order valence-electron chi connectivity index (χ3n) is 2.98. The summed E-state index contributed by atoms with van der Waals surface area (Å²) in [5.41, 5.74) is 7.41. The van der Waals surface area contributed by atoms with Crippen molar-refractivity contribution in [2.24, 2.45) is 5.73 Å². The van der Waals surface area contributed by atoms with Crippen molar-refractivity contribution >= 4 is 31.9 Å². The Morgan fingerprint density at radius 2 is 2.00 bits per heavy atom. The average Bonchev–Trinajstić information content (AvgIpc) is 2.40. The van der Waals surface area contributed by atoms with Gasteiger partial charge in [-0.15, -0.1) is 0 Å². The largest absolute Gasteiger partial charge is 0.388 e. The van der Waals surface area contributed by atoms with E-state index >= 15 is 0 Å². The van der Waals surface area contributed by atoms with Crippen molar-refractivity contribution in [3.05, 3.63) is 62.8 Å². The number of halogens is 2. The average molecular weight is 386 g/mol. The van der Waals surface area contributed by atoms with Gasteiger partial charge >= 0.3 is 0 Å². The predicted molar refractivity (Wildman–Crippen MR) is 82.8 cm³/mol. The molecule has 0 fully saturated rings. The van der Waals surface area contributed by atoms with Crippen molar-refractivity contribution in [2.45, 2.75) is 12.0 Å². The van der Waals surface area contributed by atoms with Gasteiger partial charge in [0.15, 0.2) is 0 Å². The lowest BCUT2D eigenvalue weighted by molar-refractivity contribution is 0.145. The smallest absolute Gasteiger partial charge is 0.0896 e. The van der Waals surface area contributed by atoms with E-state index in [9.17, 15) is 5.11 Å². The highest BCUT2D eigenvalue weighted by Gasteiger charge is 2.24. The minimum Gasteiger partial charge on any atom is -0.388 e. The third-order valence-corrected chi connectivity index (χ3v) is 4.16.